The minimum absolute atomic E-state index is 0.0328. The summed E-state index contributed by atoms with van der Waals surface area (Å²) >= 11 is 0. The number of nitrogens with zero attached hydrogens (tertiary/aromatic N) is 2. The molecule has 33 heavy (non-hydrogen) atoms. The molecule has 1 saturated heterocycles. The molecule has 0 spiro atoms. The van der Waals surface area contributed by atoms with Gasteiger partial charge in [-0.05, 0) is 23.8 Å². The monoisotopic (exact) mass is 458 g/mol. The minimum Gasteiger partial charge on any atom is -0.350 e. The highest BCUT2D eigenvalue weighted by Gasteiger charge is 2.35. The summed E-state index contributed by atoms with van der Waals surface area (Å²) in [6.07, 6.45) is -2.91. The molecule has 2 aromatic carbocycles. The van der Waals surface area contributed by atoms with Crippen LogP contribution in [0.15, 0.2) is 54.7 Å². The quantitative estimate of drug-likeness (QED) is 0.590. The number of carbonyl (C=O) groups excluding carboxylic acids is 3. The van der Waals surface area contributed by atoms with Crippen LogP contribution in [0, 0.1) is 5.92 Å². The first-order valence-corrected chi connectivity index (χ1v) is 10.2. The van der Waals surface area contributed by atoms with E-state index in [1.807, 2.05) is 12.1 Å². The molecule has 1 unspecified atom stereocenters. The Morgan fingerprint density at radius 2 is 1.85 bits per heavy atom. The third-order valence-electron chi connectivity index (χ3n) is 5.65. The first kappa shape index (κ1) is 22.4. The molecule has 3 aromatic rings. The number of hydrazine groups is 1. The number of alkyl halides is 3. The van der Waals surface area contributed by atoms with Gasteiger partial charge in [0.25, 0.3) is 5.91 Å². The lowest BCUT2D eigenvalue weighted by Gasteiger charge is -2.17. The first-order chi connectivity index (χ1) is 15.6. The molecule has 1 atom stereocenters. The average molecular weight is 458 g/mol. The molecule has 1 aromatic heterocycles. The van der Waals surface area contributed by atoms with Gasteiger partial charge in [0.15, 0.2) is 0 Å². The molecule has 1 aliphatic heterocycles. The Bertz CT molecular complexity index is 1240. The summed E-state index contributed by atoms with van der Waals surface area (Å²) in [7, 11) is 1.81. The second kappa shape index (κ2) is 8.61. The first-order valence-electron chi connectivity index (χ1n) is 10.2. The van der Waals surface area contributed by atoms with Gasteiger partial charge < -0.3 is 9.47 Å². The molecule has 0 radical (unpaired) electrons. The third-order valence-corrected chi connectivity index (χ3v) is 5.65. The van der Waals surface area contributed by atoms with Crippen molar-refractivity contribution >= 4 is 28.6 Å². The third kappa shape index (κ3) is 4.69. The van der Waals surface area contributed by atoms with Crippen LogP contribution in [0.4, 0.5) is 13.2 Å². The van der Waals surface area contributed by atoms with E-state index in [0.717, 1.165) is 23.0 Å². The molecule has 172 valence electrons. The maximum atomic E-state index is 12.9. The van der Waals surface area contributed by atoms with Crippen LogP contribution in [0.25, 0.3) is 10.9 Å². The number of halogens is 3. The highest BCUT2D eigenvalue weighted by atomic mass is 19.4. The van der Waals surface area contributed by atoms with E-state index in [1.54, 1.807) is 29.9 Å². The second-order valence-electron chi connectivity index (χ2n) is 7.99. The second-order valence-corrected chi connectivity index (χ2v) is 7.99. The molecule has 0 aliphatic carbocycles. The van der Waals surface area contributed by atoms with Gasteiger partial charge >= 0.3 is 6.18 Å². The maximum absolute atomic E-state index is 12.9. The molecule has 3 amide bonds. The highest BCUT2D eigenvalue weighted by molar-refractivity contribution is 6.07. The van der Waals surface area contributed by atoms with Crippen LogP contribution in [0.5, 0.6) is 0 Å². The van der Waals surface area contributed by atoms with Gasteiger partial charge in [-0.2, -0.15) is 13.2 Å². The summed E-state index contributed by atoms with van der Waals surface area (Å²) in [6.45, 7) is 0.0138. The molecule has 10 heteroatoms. The molecule has 0 bridgehead atoms. The van der Waals surface area contributed by atoms with Gasteiger partial charge in [0.1, 0.15) is 0 Å². The van der Waals surface area contributed by atoms with Crippen molar-refractivity contribution in [3.8, 4) is 0 Å². The van der Waals surface area contributed by atoms with Crippen LogP contribution in [0.1, 0.15) is 27.9 Å². The van der Waals surface area contributed by atoms with E-state index in [9.17, 15) is 27.6 Å². The minimum atomic E-state index is -4.48. The highest BCUT2D eigenvalue weighted by Crippen LogP contribution is 2.30. The topological polar surface area (TPSA) is 83.4 Å². The molecule has 0 saturated carbocycles. The largest absolute Gasteiger partial charge is 0.416 e. The Labute approximate surface area is 187 Å². The van der Waals surface area contributed by atoms with Crippen molar-refractivity contribution in [3.05, 3.63) is 71.4 Å². The molecular formula is C23H21F3N4O3. The smallest absolute Gasteiger partial charge is 0.350 e. The number of rotatable bonds is 4. The van der Waals surface area contributed by atoms with Crippen LogP contribution in [0.2, 0.25) is 0 Å². The fourth-order valence-electron chi connectivity index (χ4n) is 3.98. The zero-order valence-electron chi connectivity index (χ0n) is 17.6. The van der Waals surface area contributed by atoms with Crippen molar-refractivity contribution in [1.82, 2.24) is 20.3 Å². The van der Waals surface area contributed by atoms with E-state index in [-0.39, 0.29) is 25.4 Å². The standard InChI is InChI=1S/C23H21F3N4O3/c1-29-13-18(17-7-2-3-8-19(17)29)22(33)28-27-21(32)15-10-20(31)30(12-15)11-14-5-4-6-16(9-14)23(24,25)26/h2-9,13,15H,10-12H2,1H3,(H,27,32)(H,28,33). The maximum Gasteiger partial charge on any atom is 0.416 e. The fraction of sp³-hybridized carbons (Fsp3) is 0.261. The average Bonchev–Trinajstić information content (AvgIpc) is 3.32. The van der Waals surface area contributed by atoms with Crippen LogP contribution >= 0.6 is 0 Å². The Morgan fingerprint density at radius 1 is 1.09 bits per heavy atom. The van der Waals surface area contributed by atoms with Gasteiger partial charge in [0, 0.05) is 43.7 Å². The molecule has 4 rings (SSSR count). The number of likely N-dealkylation sites (tertiary alicyclic amines) is 1. The number of hydrogen-bond donors (Lipinski definition) is 2. The lowest BCUT2D eigenvalue weighted by Crippen LogP contribution is -2.45. The summed E-state index contributed by atoms with van der Waals surface area (Å²) < 4.78 is 40.5. The number of nitrogens with one attached hydrogen (secondary N) is 2. The van der Waals surface area contributed by atoms with E-state index < -0.39 is 29.5 Å². The molecule has 1 aliphatic rings. The van der Waals surface area contributed by atoms with Crippen molar-refractivity contribution in [2.75, 3.05) is 6.54 Å². The van der Waals surface area contributed by atoms with Crippen molar-refractivity contribution in [1.29, 1.82) is 0 Å². The fourth-order valence-corrected chi connectivity index (χ4v) is 3.98. The zero-order chi connectivity index (χ0) is 23.8. The van der Waals surface area contributed by atoms with Gasteiger partial charge in [-0.25, -0.2) is 0 Å². The zero-order valence-corrected chi connectivity index (χ0v) is 17.6. The predicted molar refractivity (Wildman–Crippen MR) is 113 cm³/mol. The molecule has 2 heterocycles. The van der Waals surface area contributed by atoms with E-state index in [2.05, 4.69) is 10.9 Å². The van der Waals surface area contributed by atoms with E-state index >= 15 is 0 Å². The number of carbonyl (C=O) groups is 3. The van der Waals surface area contributed by atoms with E-state index in [1.165, 1.54) is 17.0 Å². The van der Waals surface area contributed by atoms with Gasteiger partial charge in [-0.3, -0.25) is 25.2 Å². The van der Waals surface area contributed by atoms with Gasteiger partial charge in [-0.1, -0.05) is 30.3 Å². The Balaban J connectivity index is 1.36. The lowest BCUT2D eigenvalue weighted by atomic mass is 10.1. The van der Waals surface area contributed by atoms with Crippen molar-refractivity contribution < 1.29 is 27.6 Å². The van der Waals surface area contributed by atoms with Crippen molar-refractivity contribution in [3.63, 3.8) is 0 Å². The molecule has 1 fully saturated rings. The molecule has 2 N–H and O–H groups in total. The molecule has 7 nitrogen and oxygen atoms in total. The summed E-state index contributed by atoms with van der Waals surface area (Å²) in [6, 6.07) is 12.1. The number of benzene rings is 2. The van der Waals surface area contributed by atoms with Crippen molar-refractivity contribution in [2.45, 2.75) is 19.1 Å². The number of amides is 3. The van der Waals surface area contributed by atoms with Crippen LogP contribution in [0.3, 0.4) is 0 Å². The Morgan fingerprint density at radius 3 is 2.61 bits per heavy atom. The number of fused-ring (bicyclic) bond motifs is 1. The summed E-state index contributed by atoms with van der Waals surface area (Å²) in [5.41, 5.74) is 5.51. The summed E-state index contributed by atoms with van der Waals surface area (Å²) in [4.78, 5) is 38.7. The van der Waals surface area contributed by atoms with Crippen LogP contribution in [-0.2, 0) is 29.4 Å². The van der Waals surface area contributed by atoms with Crippen LogP contribution < -0.4 is 10.9 Å². The van der Waals surface area contributed by atoms with Crippen LogP contribution in [-0.4, -0.2) is 33.7 Å². The number of aromatic nitrogens is 1. The molecular weight excluding hydrogens is 437 g/mol. The van der Waals surface area contributed by atoms with Gasteiger partial charge in [0.05, 0.1) is 17.0 Å². The van der Waals surface area contributed by atoms with Gasteiger partial charge in [-0.15, -0.1) is 0 Å². The number of para-hydroxylation sites is 1. The van der Waals surface area contributed by atoms with Crippen molar-refractivity contribution in [2.24, 2.45) is 13.0 Å². The Kier molecular flexibility index (Phi) is 5.84. The van der Waals surface area contributed by atoms with Gasteiger partial charge in [0.2, 0.25) is 11.8 Å². The normalized spacial score (nSPS) is 16.3. The van der Waals surface area contributed by atoms with E-state index in [0.29, 0.717) is 11.1 Å². The number of hydrogen-bond acceptors (Lipinski definition) is 3. The summed E-state index contributed by atoms with van der Waals surface area (Å²) in [5.74, 6) is -2.10. The summed E-state index contributed by atoms with van der Waals surface area (Å²) in [5, 5.41) is 0.732. The number of aryl methyl sites for hydroxylation is 1. The SMILES string of the molecule is Cn1cc(C(=O)NNC(=O)C2CC(=O)N(Cc3cccc(C(F)(F)F)c3)C2)c2ccccc21. The predicted octanol–water partition coefficient (Wildman–Crippen LogP) is 3.01. The van der Waals surface area contributed by atoms with E-state index in [4.69, 9.17) is 0 Å². The Hall–Kier alpha value is -3.82. The lowest BCUT2D eigenvalue weighted by molar-refractivity contribution is -0.137.